The Morgan fingerprint density at radius 3 is 2.47 bits per heavy atom. The molecule has 5 heteroatoms. The van der Waals surface area contributed by atoms with Crippen LogP contribution in [-0.4, -0.2) is 18.8 Å². The molecular formula is C14H14Cl2O2S. The standard InChI is InChI=1S/C14H14Cl2O2S/c1-18-7-6-9-2-4-10(5-3-9)13(17)11-8-12(15)19-14(11)16/h2-5,8,13,17H,6-7H2,1H3. The third-order valence-electron chi connectivity index (χ3n) is 2.87. The molecule has 1 unspecified atom stereocenters. The Bertz CT molecular complexity index is 537. The SMILES string of the molecule is COCCc1ccc(C(O)c2cc(Cl)sc2Cl)cc1. The average molecular weight is 317 g/mol. The molecule has 0 fully saturated rings. The maximum atomic E-state index is 10.3. The molecule has 1 atom stereocenters. The van der Waals surface area contributed by atoms with Crippen LogP contribution in [0.2, 0.25) is 8.67 Å². The molecule has 0 radical (unpaired) electrons. The zero-order chi connectivity index (χ0) is 13.8. The summed E-state index contributed by atoms with van der Waals surface area (Å²) >= 11 is 13.2. The zero-order valence-electron chi connectivity index (χ0n) is 10.4. The molecular weight excluding hydrogens is 303 g/mol. The van der Waals surface area contributed by atoms with Crippen molar-refractivity contribution in [3.63, 3.8) is 0 Å². The molecule has 2 aromatic rings. The van der Waals surface area contributed by atoms with Crippen LogP contribution >= 0.6 is 34.5 Å². The van der Waals surface area contributed by atoms with Crippen molar-refractivity contribution in [2.75, 3.05) is 13.7 Å². The van der Waals surface area contributed by atoms with Crippen molar-refractivity contribution in [2.45, 2.75) is 12.5 Å². The molecule has 102 valence electrons. The maximum Gasteiger partial charge on any atom is 0.106 e. The van der Waals surface area contributed by atoms with Crippen LogP contribution in [0, 0.1) is 0 Å². The topological polar surface area (TPSA) is 29.5 Å². The first-order valence-corrected chi connectivity index (χ1v) is 7.39. The van der Waals surface area contributed by atoms with Crippen LogP contribution in [-0.2, 0) is 11.2 Å². The summed E-state index contributed by atoms with van der Waals surface area (Å²) in [5, 5.41) is 10.3. The van der Waals surface area contributed by atoms with E-state index in [0.717, 1.165) is 12.0 Å². The Hall–Kier alpha value is -0.580. The second kappa shape index (κ2) is 6.73. The van der Waals surface area contributed by atoms with E-state index in [9.17, 15) is 5.11 Å². The molecule has 1 aromatic heterocycles. The van der Waals surface area contributed by atoms with Gasteiger partial charge in [-0.3, -0.25) is 0 Å². The third-order valence-corrected chi connectivity index (χ3v) is 4.39. The van der Waals surface area contributed by atoms with E-state index in [0.29, 0.717) is 20.8 Å². The van der Waals surface area contributed by atoms with Crippen molar-refractivity contribution in [3.05, 3.63) is 55.7 Å². The minimum absolute atomic E-state index is 0.529. The Morgan fingerprint density at radius 2 is 1.95 bits per heavy atom. The number of hydrogen-bond acceptors (Lipinski definition) is 3. The quantitative estimate of drug-likeness (QED) is 0.889. The van der Waals surface area contributed by atoms with Crippen LogP contribution in [0.25, 0.3) is 0 Å². The van der Waals surface area contributed by atoms with Gasteiger partial charge in [0.2, 0.25) is 0 Å². The van der Waals surface area contributed by atoms with Crippen molar-refractivity contribution < 1.29 is 9.84 Å². The van der Waals surface area contributed by atoms with Gasteiger partial charge in [-0.25, -0.2) is 0 Å². The van der Waals surface area contributed by atoms with E-state index >= 15 is 0 Å². The predicted octanol–water partition coefficient (Wildman–Crippen LogP) is 4.33. The minimum atomic E-state index is -0.743. The fourth-order valence-electron chi connectivity index (χ4n) is 1.81. The monoisotopic (exact) mass is 316 g/mol. The molecule has 0 aliphatic heterocycles. The number of thiophene rings is 1. The summed E-state index contributed by atoms with van der Waals surface area (Å²) in [5.74, 6) is 0. The van der Waals surface area contributed by atoms with Gasteiger partial charge in [-0.2, -0.15) is 0 Å². The van der Waals surface area contributed by atoms with Gasteiger partial charge in [0.15, 0.2) is 0 Å². The van der Waals surface area contributed by atoms with Gasteiger partial charge >= 0.3 is 0 Å². The van der Waals surface area contributed by atoms with Crippen molar-refractivity contribution in [3.8, 4) is 0 Å². The maximum absolute atomic E-state index is 10.3. The first-order valence-electron chi connectivity index (χ1n) is 5.82. The highest BCUT2D eigenvalue weighted by Crippen LogP contribution is 2.37. The summed E-state index contributed by atoms with van der Waals surface area (Å²) in [5.41, 5.74) is 2.63. The van der Waals surface area contributed by atoms with Crippen molar-refractivity contribution in [1.82, 2.24) is 0 Å². The number of halogens is 2. The molecule has 0 saturated heterocycles. The number of aliphatic hydroxyl groups is 1. The molecule has 1 aromatic carbocycles. The van der Waals surface area contributed by atoms with E-state index < -0.39 is 6.10 Å². The van der Waals surface area contributed by atoms with Crippen molar-refractivity contribution >= 4 is 34.5 Å². The lowest BCUT2D eigenvalue weighted by atomic mass is 10.0. The molecule has 0 amide bonds. The first kappa shape index (κ1) is 14.8. The highest BCUT2D eigenvalue weighted by Gasteiger charge is 2.16. The lowest BCUT2D eigenvalue weighted by molar-refractivity contribution is 0.202. The van der Waals surface area contributed by atoms with E-state index in [1.54, 1.807) is 13.2 Å². The Labute approximate surface area is 126 Å². The largest absolute Gasteiger partial charge is 0.384 e. The van der Waals surface area contributed by atoms with Gasteiger partial charge < -0.3 is 9.84 Å². The summed E-state index contributed by atoms with van der Waals surface area (Å²) in [6, 6.07) is 9.48. The summed E-state index contributed by atoms with van der Waals surface area (Å²) in [6.45, 7) is 0.688. The smallest absolute Gasteiger partial charge is 0.106 e. The lowest BCUT2D eigenvalue weighted by Crippen LogP contribution is -2.00. The molecule has 2 rings (SSSR count). The fourth-order valence-corrected chi connectivity index (χ4v) is 3.33. The minimum Gasteiger partial charge on any atom is -0.384 e. The van der Waals surface area contributed by atoms with Gasteiger partial charge in [0.1, 0.15) is 10.4 Å². The van der Waals surface area contributed by atoms with Crippen LogP contribution in [0.4, 0.5) is 0 Å². The van der Waals surface area contributed by atoms with Gasteiger partial charge in [0.25, 0.3) is 0 Å². The highest BCUT2D eigenvalue weighted by molar-refractivity contribution is 7.20. The van der Waals surface area contributed by atoms with E-state index in [-0.39, 0.29) is 0 Å². The van der Waals surface area contributed by atoms with E-state index in [1.165, 1.54) is 16.9 Å². The van der Waals surface area contributed by atoms with E-state index in [1.807, 2.05) is 24.3 Å². The molecule has 1 N–H and O–H groups in total. The number of rotatable bonds is 5. The number of benzene rings is 1. The van der Waals surface area contributed by atoms with Crippen molar-refractivity contribution in [1.29, 1.82) is 0 Å². The lowest BCUT2D eigenvalue weighted by Gasteiger charge is -2.11. The molecule has 0 saturated carbocycles. The molecule has 2 nitrogen and oxygen atoms in total. The van der Waals surface area contributed by atoms with Crippen LogP contribution in [0.3, 0.4) is 0 Å². The Morgan fingerprint density at radius 1 is 1.26 bits per heavy atom. The van der Waals surface area contributed by atoms with Crippen LogP contribution in [0.1, 0.15) is 22.8 Å². The number of methoxy groups -OCH3 is 1. The summed E-state index contributed by atoms with van der Waals surface area (Å²) in [7, 11) is 1.68. The zero-order valence-corrected chi connectivity index (χ0v) is 12.7. The summed E-state index contributed by atoms with van der Waals surface area (Å²) < 4.78 is 6.14. The summed E-state index contributed by atoms with van der Waals surface area (Å²) in [4.78, 5) is 0. The van der Waals surface area contributed by atoms with Gasteiger partial charge in [-0.1, -0.05) is 47.5 Å². The molecule has 0 bridgehead atoms. The van der Waals surface area contributed by atoms with Crippen molar-refractivity contribution in [2.24, 2.45) is 0 Å². The number of aliphatic hydroxyl groups excluding tert-OH is 1. The van der Waals surface area contributed by atoms with Crippen LogP contribution in [0.5, 0.6) is 0 Å². The fraction of sp³-hybridized carbons (Fsp3) is 0.286. The molecule has 1 heterocycles. The van der Waals surface area contributed by atoms with Gasteiger partial charge in [-0.05, 0) is 23.6 Å². The third kappa shape index (κ3) is 3.71. The molecule has 0 aliphatic carbocycles. The molecule has 19 heavy (non-hydrogen) atoms. The van der Waals surface area contributed by atoms with Gasteiger partial charge in [-0.15, -0.1) is 11.3 Å². The normalized spacial score (nSPS) is 12.6. The Balaban J connectivity index is 2.15. The second-order valence-electron chi connectivity index (χ2n) is 4.17. The number of ether oxygens (including phenoxy) is 1. The second-order valence-corrected chi connectivity index (χ2v) is 6.45. The molecule has 0 spiro atoms. The predicted molar refractivity (Wildman–Crippen MR) is 80.4 cm³/mol. The van der Waals surface area contributed by atoms with Gasteiger partial charge in [0.05, 0.1) is 10.9 Å². The molecule has 0 aliphatic rings. The summed E-state index contributed by atoms with van der Waals surface area (Å²) in [6.07, 6.45) is 0.116. The average Bonchev–Trinajstić information content (AvgIpc) is 2.75. The number of hydrogen-bond donors (Lipinski definition) is 1. The van der Waals surface area contributed by atoms with Gasteiger partial charge in [0, 0.05) is 12.7 Å². The van der Waals surface area contributed by atoms with Crippen LogP contribution < -0.4 is 0 Å². The van der Waals surface area contributed by atoms with E-state index in [4.69, 9.17) is 27.9 Å². The highest BCUT2D eigenvalue weighted by atomic mass is 35.5. The Kier molecular flexibility index (Phi) is 5.25. The first-order chi connectivity index (χ1) is 9.11. The van der Waals surface area contributed by atoms with E-state index in [2.05, 4.69) is 0 Å². The van der Waals surface area contributed by atoms with Crippen LogP contribution in [0.15, 0.2) is 30.3 Å².